The van der Waals surface area contributed by atoms with Gasteiger partial charge in [0.25, 0.3) is 5.91 Å². The number of nitrogens with one attached hydrogen (secondary N) is 2. The van der Waals surface area contributed by atoms with E-state index in [1.165, 1.54) is 17.1 Å². The summed E-state index contributed by atoms with van der Waals surface area (Å²) in [6, 6.07) is -0.876. The van der Waals surface area contributed by atoms with E-state index < -0.39 is 35.8 Å². The van der Waals surface area contributed by atoms with Crippen LogP contribution in [0.15, 0.2) is 35.3 Å². The topological polar surface area (TPSA) is 78.5 Å². The number of carbonyl (C=O) groups excluding carboxylic acids is 3. The van der Waals surface area contributed by atoms with Crippen LogP contribution in [0.3, 0.4) is 0 Å². The first kappa shape index (κ1) is 16.9. The van der Waals surface area contributed by atoms with Gasteiger partial charge in [0.2, 0.25) is 11.8 Å². The maximum absolute atomic E-state index is 13.9. The van der Waals surface area contributed by atoms with Gasteiger partial charge in [-0.15, -0.1) is 0 Å². The van der Waals surface area contributed by atoms with Gasteiger partial charge in [0.15, 0.2) is 6.17 Å². The average Bonchev–Trinajstić information content (AvgIpc) is 2.62. The Morgan fingerprint density at radius 2 is 2.04 bits per heavy atom. The van der Waals surface area contributed by atoms with Crippen molar-refractivity contribution >= 4 is 17.7 Å². The van der Waals surface area contributed by atoms with Crippen LogP contribution < -0.4 is 10.6 Å². The Balaban J connectivity index is 2.15. The van der Waals surface area contributed by atoms with Gasteiger partial charge in [-0.25, -0.2) is 8.78 Å². The molecule has 1 heterocycles. The molecule has 0 saturated carbocycles. The first-order chi connectivity index (χ1) is 10.8. The molecule has 0 bridgehead atoms. The van der Waals surface area contributed by atoms with Gasteiger partial charge in [0, 0.05) is 26.1 Å². The predicted octanol–water partition coefficient (Wildman–Crippen LogP) is 0.485. The molecule has 8 heteroatoms. The summed E-state index contributed by atoms with van der Waals surface area (Å²) < 4.78 is 27.8. The molecule has 2 unspecified atom stereocenters. The Kier molecular flexibility index (Phi) is 4.92. The molecule has 0 radical (unpaired) electrons. The van der Waals surface area contributed by atoms with Gasteiger partial charge in [-0.2, -0.15) is 0 Å². The highest BCUT2D eigenvalue weighted by Gasteiger charge is 2.29. The molecule has 2 rings (SSSR count). The summed E-state index contributed by atoms with van der Waals surface area (Å²) in [6.07, 6.45) is 1.72. The number of piperidine rings is 1. The number of alkyl halides is 1. The zero-order chi connectivity index (χ0) is 17.1. The Morgan fingerprint density at radius 3 is 2.65 bits per heavy atom. The summed E-state index contributed by atoms with van der Waals surface area (Å²) in [6.45, 7) is 0. The van der Waals surface area contributed by atoms with E-state index in [0.29, 0.717) is 0 Å². The molecular weight excluding hydrogens is 308 g/mol. The second kappa shape index (κ2) is 6.72. The molecule has 2 aliphatic rings. The van der Waals surface area contributed by atoms with Gasteiger partial charge < -0.3 is 10.2 Å². The average molecular weight is 325 g/mol. The van der Waals surface area contributed by atoms with Crippen LogP contribution in [0.5, 0.6) is 0 Å². The maximum Gasteiger partial charge on any atom is 0.252 e. The van der Waals surface area contributed by atoms with Crippen LogP contribution in [0.2, 0.25) is 0 Å². The third-order valence-electron chi connectivity index (χ3n) is 3.55. The lowest BCUT2D eigenvalue weighted by atomic mass is 10.1. The lowest BCUT2D eigenvalue weighted by Crippen LogP contribution is -2.52. The third-order valence-corrected chi connectivity index (χ3v) is 3.55. The summed E-state index contributed by atoms with van der Waals surface area (Å²) in [5.41, 5.74) is -0.0331. The van der Waals surface area contributed by atoms with Crippen molar-refractivity contribution in [2.75, 3.05) is 14.1 Å². The predicted molar refractivity (Wildman–Crippen MR) is 78.3 cm³/mol. The van der Waals surface area contributed by atoms with Crippen LogP contribution in [-0.4, -0.2) is 48.9 Å². The minimum atomic E-state index is -1.96. The number of imide groups is 1. The molecule has 0 aromatic carbocycles. The number of hydrogen-bond acceptors (Lipinski definition) is 4. The molecule has 0 aromatic rings. The van der Waals surface area contributed by atoms with Gasteiger partial charge >= 0.3 is 0 Å². The fourth-order valence-corrected chi connectivity index (χ4v) is 2.26. The standard InChI is InChI=1S/C15H17F2N3O3/c1-20(2)11-5-3-8(7-9(16)13(11)17)14(22)18-10-4-6-12(21)19-15(10)23/h3,5,7,10,13H,4,6H2,1-2H3,(H,18,22)(H,19,21,23). The van der Waals surface area contributed by atoms with Crippen LogP contribution in [0, 0.1) is 0 Å². The molecule has 1 aliphatic carbocycles. The van der Waals surface area contributed by atoms with Crippen LogP contribution in [0.1, 0.15) is 12.8 Å². The molecule has 1 aliphatic heterocycles. The fraction of sp³-hybridized carbons (Fsp3) is 0.400. The van der Waals surface area contributed by atoms with Crippen molar-refractivity contribution in [3.05, 3.63) is 35.3 Å². The molecule has 0 aromatic heterocycles. The quantitative estimate of drug-likeness (QED) is 0.740. The lowest BCUT2D eigenvalue weighted by molar-refractivity contribution is -0.136. The number of rotatable bonds is 3. The first-order valence-corrected chi connectivity index (χ1v) is 7.04. The molecule has 1 saturated heterocycles. The van der Waals surface area contributed by atoms with Gasteiger partial charge in [-0.1, -0.05) is 0 Å². The van der Waals surface area contributed by atoms with E-state index in [2.05, 4.69) is 10.6 Å². The Morgan fingerprint density at radius 1 is 1.35 bits per heavy atom. The van der Waals surface area contributed by atoms with Crippen LogP contribution in [0.25, 0.3) is 0 Å². The molecule has 1 fully saturated rings. The number of amides is 3. The van der Waals surface area contributed by atoms with Gasteiger partial charge in [-0.3, -0.25) is 19.7 Å². The summed E-state index contributed by atoms with van der Waals surface area (Å²) in [5.74, 6) is -2.81. The monoisotopic (exact) mass is 325 g/mol. The number of allylic oxidation sites excluding steroid dienone is 3. The number of carbonyl (C=O) groups is 3. The van der Waals surface area contributed by atoms with Crippen molar-refractivity contribution < 1.29 is 23.2 Å². The summed E-state index contributed by atoms with van der Waals surface area (Å²) in [5, 5.41) is 4.53. The van der Waals surface area contributed by atoms with Crippen molar-refractivity contribution in [3.8, 4) is 0 Å². The SMILES string of the molecule is CN(C)C1=CC=C(C(=O)NC2CCC(=O)NC2=O)C=C(F)C1F. The number of hydrogen-bond donors (Lipinski definition) is 2. The van der Waals surface area contributed by atoms with Gasteiger partial charge in [0.05, 0.1) is 5.70 Å². The van der Waals surface area contributed by atoms with Crippen LogP contribution >= 0.6 is 0 Å². The van der Waals surface area contributed by atoms with E-state index in [4.69, 9.17) is 0 Å². The van der Waals surface area contributed by atoms with Crippen molar-refractivity contribution in [2.24, 2.45) is 0 Å². The molecule has 23 heavy (non-hydrogen) atoms. The second-order valence-electron chi connectivity index (χ2n) is 5.48. The second-order valence-corrected chi connectivity index (χ2v) is 5.48. The molecular formula is C15H17F2N3O3. The van der Waals surface area contributed by atoms with Crippen LogP contribution in [-0.2, 0) is 14.4 Å². The smallest absolute Gasteiger partial charge is 0.252 e. The molecule has 3 amide bonds. The highest BCUT2D eigenvalue weighted by atomic mass is 19.2. The largest absolute Gasteiger partial charge is 0.378 e. The minimum Gasteiger partial charge on any atom is -0.378 e. The maximum atomic E-state index is 13.9. The summed E-state index contributed by atoms with van der Waals surface area (Å²) in [7, 11) is 3.13. The molecule has 2 atom stereocenters. The van der Waals surface area contributed by atoms with E-state index in [1.807, 2.05) is 0 Å². The van der Waals surface area contributed by atoms with Crippen molar-refractivity contribution in [2.45, 2.75) is 25.1 Å². The zero-order valence-electron chi connectivity index (χ0n) is 12.7. The van der Waals surface area contributed by atoms with E-state index in [1.54, 1.807) is 14.1 Å². The van der Waals surface area contributed by atoms with E-state index >= 15 is 0 Å². The lowest BCUT2D eigenvalue weighted by Gasteiger charge is -2.21. The summed E-state index contributed by atoms with van der Waals surface area (Å²) in [4.78, 5) is 36.2. The normalized spacial score (nSPS) is 24.8. The van der Waals surface area contributed by atoms with Crippen molar-refractivity contribution in [1.29, 1.82) is 0 Å². The van der Waals surface area contributed by atoms with Crippen molar-refractivity contribution in [1.82, 2.24) is 15.5 Å². The highest BCUT2D eigenvalue weighted by molar-refractivity contribution is 6.04. The highest BCUT2D eigenvalue weighted by Crippen LogP contribution is 2.24. The first-order valence-electron chi connectivity index (χ1n) is 7.04. The Labute approximate surface area is 131 Å². The fourth-order valence-electron chi connectivity index (χ4n) is 2.26. The molecule has 2 N–H and O–H groups in total. The molecule has 0 spiro atoms. The minimum absolute atomic E-state index is 0.0718. The summed E-state index contributed by atoms with van der Waals surface area (Å²) >= 11 is 0. The van der Waals surface area contributed by atoms with Gasteiger partial charge in [0.1, 0.15) is 11.9 Å². The van der Waals surface area contributed by atoms with Crippen molar-refractivity contribution in [3.63, 3.8) is 0 Å². The zero-order valence-corrected chi connectivity index (χ0v) is 12.7. The van der Waals surface area contributed by atoms with E-state index in [9.17, 15) is 23.2 Å². The molecule has 124 valence electrons. The number of halogens is 2. The Bertz CT molecular complexity index is 638. The van der Waals surface area contributed by atoms with E-state index in [-0.39, 0.29) is 24.1 Å². The van der Waals surface area contributed by atoms with E-state index in [0.717, 1.165) is 6.08 Å². The third kappa shape index (κ3) is 3.82. The number of nitrogens with zero attached hydrogens (tertiary/aromatic N) is 1. The molecule has 6 nitrogen and oxygen atoms in total. The van der Waals surface area contributed by atoms with Gasteiger partial charge in [-0.05, 0) is 24.6 Å². The van der Waals surface area contributed by atoms with Crippen LogP contribution in [0.4, 0.5) is 8.78 Å². The Hall–Kier alpha value is -2.51.